The van der Waals surface area contributed by atoms with Crippen LogP contribution in [0.25, 0.3) is 0 Å². The molecule has 122 valence electrons. The highest BCUT2D eigenvalue weighted by molar-refractivity contribution is 5.76. The van der Waals surface area contributed by atoms with Crippen LogP contribution in [0, 0.1) is 19.8 Å². The minimum Gasteiger partial charge on any atom is -0.493 e. The van der Waals surface area contributed by atoms with Crippen LogP contribution >= 0.6 is 0 Å². The molecule has 1 atom stereocenters. The van der Waals surface area contributed by atoms with E-state index in [1.807, 2.05) is 32.0 Å². The van der Waals surface area contributed by atoms with Crippen molar-refractivity contribution in [2.75, 3.05) is 13.2 Å². The Morgan fingerprint density at radius 2 is 2.22 bits per heavy atom. The molecule has 1 aromatic heterocycles. The van der Waals surface area contributed by atoms with Crippen LogP contribution < -0.4 is 10.1 Å². The van der Waals surface area contributed by atoms with Gasteiger partial charge in [0.15, 0.2) is 0 Å². The largest absolute Gasteiger partial charge is 0.493 e. The van der Waals surface area contributed by atoms with Gasteiger partial charge in [0.05, 0.1) is 12.3 Å². The van der Waals surface area contributed by atoms with Crippen LogP contribution in [0.15, 0.2) is 24.3 Å². The number of fused-ring (bicyclic) bond motifs is 1. The van der Waals surface area contributed by atoms with E-state index >= 15 is 0 Å². The van der Waals surface area contributed by atoms with Crippen molar-refractivity contribution in [3.05, 3.63) is 46.8 Å². The second kappa shape index (κ2) is 6.86. The van der Waals surface area contributed by atoms with Crippen molar-refractivity contribution in [3.8, 4) is 5.75 Å². The number of ether oxygens (including phenoxy) is 1. The SMILES string of the molecule is Cc1[nH]nc(CCC(=O)NCC2COc3ccccc3C2)c1C. The maximum atomic E-state index is 12.0. The second-order valence-electron chi connectivity index (χ2n) is 6.21. The zero-order chi connectivity index (χ0) is 16.2. The Kier molecular flexibility index (Phi) is 4.65. The van der Waals surface area contributed by atoms with Crippen molar-refractivity contribution in [1.29, 1.82) is 0 Å². The molecule has 0 radical (unpaired) electrons. The van der Waals surface area contributed by atoms with Gasteiger partial charge in [-0.15, -0.1) is 0 Å². The zero-order valence-electron chi connectivity index (χ0n) is 13.7. The number of aromatic amines is 1. The van der Waals surface area contributed by atoms with E-state index in [0.717, 1.165) is 29.1 Å². The number of H-pyrrole nitrogens is 1. The van der Waals surface area contributed by atoms with E-state index in [0.29, 0.717) is 31.9 Å². The highest BCUT2D eigenvalue weighted by atomic mass is 16.5. The Hall–Kier alpha value is -2.30. The molecule has 1 aromatic carbocycles. The maximum absolute atomic E-state index is 12.0. The highest BCUT2D eigenvalue weighted by Gasteiger charge is 2.20. The van der Waals surface area contributed by atoms with Gasteiger partial charge in [-0.25, -0.2) is 0 Å². The summed E-state index contributed by atoms with van der Waals surface area (Å²) < 4.78 is 5.75. The number of carbonyl (C=O) groups is 1. The molecular formula is C18H23N3O2. The molecule has 1 amide bonds. The van der Waals surface area contributed by atoms with Crippen LogP contribution in [-0.4, -0.2) is 29.3 Å². The molecule has 0 saturated carbocycles. The van der Waals surface area contributed by atoms with Gasteiger partial charge in [-0.2, -0.15) is 5.10 Å². The normalized spacial score (nSPS) is 16.5. The Bertz CT molecular complexity index is 693. The molecule has 23 heavy (non-hydrogen) atoms. The van der Waals surface area contributed by atoms with Crippen molar-refractivity contribution in [2.45, 2.75) is 33.1 Å². The summed E-state index contributed by atoms with van der Waals surface area (Å²) in [5, 5.41) is 10.2. The first-order chi connectivity index (χ1) is 11.1. The molecule has 0 bridgehead atoms. The number of aromatic nitrogens is 2. The summed E-state index contributed by atoms with van der Waals surface area (Å²) in [6.45, 7) is 5.34. The van der Waals surface area contributed by atoms with Gasteiger partial charge in [0.2, 0.25) is 5.91 Å². The molecule has 0 fully saturated rings. The van der Waals surface area contributed by atoms with E-state index in [-0.39, 0.29) is 5.91 Å². The molecule has 0 spiro atoms. The third-order valence-corrected chi connectivity index (χ3v) is 4.49. The van der Waals surface area contributed by atoms with E-state index in [2.05, 4.69) is 21.6 Å². The van der Waals surface area contributed by atoms with Gasteiger partial charge in [-0.05, 0) is 37.5 Å². The Morgan fingerprint density at radius 1 is 1.39 bits per heavy atom. The number of hydrogen-bond acceptors (Lipinski definition) is 3. The topological polar surface area (TPSA) is 67.0 Å². The summed E-state index contributed by atoms with van der Waals surface area (Å²) in [6, 6.07) is 8.10. The molecule has 2 N–H and O–H groups in total. The average Bonchev–Trinajstić information content (AvgIpc) is 2.89. The molecule has 2 heterocycles. The Labute approximate surface area is 136 Å². The number of nitrogens with zero attached hydrogens (tertiary/aromatic N) is 1. The first-order valence-electron chi connectivity index (χ1n) is 8.11. The number of nitrogens with one attached hydrogen (secondary N) is 2. The van der Waals surface area contributed by atoms with Gasteiger partial charge in [-0.1, -0.05) is 18.2 Å². The third-order valence-electron chi connectivity index (χ3n) is 4.49. The predicted octanol–water partition coefficient (Wildman–Crippen LogP) is 2.33. The summed E-state index contributed by atoms with van der Waals surface area (Å²) in [7, 11) is 0. The fraction of sp³-hybridized carbons (Fsp3) is 0.444. The smallest absolute Gasteiger partial charge is 0.220 e. The van der Waals surface area contributed by atoms with Crippen molar-refractivity contribution in [1.82, 2.24) is 15.5 Å². The second-order valence-corrected chi connectivity index (χ2v) is 6.21. The molecule has 0 saturated heterocycles. The van der Waals surface area contributed by atoms with Crippen LogP contribution in [0.3, 0.4) is 0 Å². The van der Waals surface area contributed by atoms with Gasteiger partial charge >= 0.3 is 0 Å². The average molecular weight is 313 g/mol. The van der Waals surface area contributed by atoms with Crippen LogP contribution in [0.5, 0.6) is 5.75 Å². The molecular weight excluding hydrogens is 290 g/mol. The number of hydrogen-bond donors (Lipinski definition) is 2. The van der Waals surface area contributed by atoms with Crippen molar-refractivity contribution < 1.29 is 9.53 Å². The minimum absolute atomic E-state index is 0.0731. The number of amides is 1. The van der Waals surface area contributed by atoms with Crippen molar-refractivity contribution in [2.24, 2.45) is 5.92 Å². The first kappa shape index (κ1) is 15.6. The molecule has 0 aliphatic carbocycles. The number of aryl methyl sites for hydroxylation is 2. The number of rotatable bonds is 5. The minimum atomic E-state index is 0.0731. The lowest BCUT2D eigenvalue weighted by molar-refractivity contribution is -0.121. The fourth-order valence-electron chi connectivity index (χ4n) is 2.88. The number of benzene rings is 1. The fourth-order valence-corrected chi connectivity index (χ4v) is 2.88. The quantitative estimate of drug-likeness (QED) is 0.890. The van der Waals surface area contributed by atoms with Crippen LogP contribution in [-0.2, 0) is 17.6 Å². The van der Waals surface area contributed by atoms with Crippen LogP contribution in [0.2, 0.25) is 0 Å². The van der Waals surface area contributed by atoms with Crippen LogP contribution in [0.4, 0.5) is 0 Å². The summed E-state index contributed by atoms with van der Waals surface area (Å²) in [5.41, 5.74) is 4.42. The lowest BCUT2D eigenvalue weighted by Gasteiger charge is -2.25. The highest BCUT2D eigenvalue weighted by Crippen LogP contribution is 2.26. The Morgan fingerprint density at radius 3 is 3.00 bits per heavy atom. The zero-order valence-corrected chi connectivity index (χ0v) is 13.7. The molecule has 3 rings (SSSR count). The molecule has 1 aliphatic rings. The van der Waals surface area contributed by atoms with Gasteiger partial charge < -0.3 is 10.1 Å². The molecule has 2 aromatic rings. The summed E-state index contributed by atoms with van der Waals surface area (Å²) >= 11 is 0. The van der Waals surface area contributed by atoms with Gasteiger partial charge in [-0.3, -0.25) is 9.89 Å². The van der Waals surface area contributed by atoms with Crippen molar-refractivity contribution in [3.63, 3.8) is 0 Å². The predicted molar refractivity (Wildman–Crippen MR) is 88.5 cm³/mol. The monoisotopic (exact) mass is 313 g/mol. The third kappa shape index (κ3) is 3.73. The van der Waals surface area contributed by atoms with E-state index in [1.165, 1.54) is 5.56 Å². The Balaban J connectivity index is 1.44. The lowest BCUT2D eigenvalue weighted by atomic mass is 9.97. The van der Waals surface area contributed by atoms with Crippen molar-refractivity contribution >= 4 is 5.91 Å². The maximum Gasteiger partial charge on any atom is 0.220 e. The van der Waals surface area contributed by atoms with Gasteiger partial charge in [0.25, 0.3) is 0 Å². The number of para-hydroxylation sites is 1. The lowest BCUT2D eigenvalue weighted by Crippen LogP contribution is -2.34. The van der Waals surface area contributed by atoms with Crippen LogP contribution in [0.1, 0.15) is 28.9 Å². The number of carbonyl (C=O) groups excluding carboxylic acids is 1. The summed E-state index contributed by atoms with van der Waals surface area (Å²) in [6.07, 6.45) is 2.09. The molecule has 5 heteroatoms. The summed E-state index contributed by atoms with van der Waals surface area (Å²) in [5.74, 6) is 1.38. The van der Waals surface area contributed by atoms with E-state index in [4.69, 9.17) is 4.74 Å². The molecule has 1 aliphatic heterocycles. The molecule has 1 unspecified atom stereocenters. The molecule has 5 nitrogen and oxygen atoms in total. The van der Waals surface area contributed by atoms with E-state index < -0.39 is 0 Å². The van der Waals surface area contributed by atoms with Gasteiger partial charge in [0.1, 0.15) is 5.75 Å². The van der Waals surface area contributed by atoms with E-state index in [1.54, 1.807) is 0 Å². The van der Waals surface area contributed by atoms with Gasteiger partial charge in [0, 0.05) is 31.0 Å². The van der Waals surface area contributed by atoms with E-state index in [9.17, 15) is 4.79 Å². The summed E-state index contributed by atoms with van der Waals surface area (Å²) in [4.78, 5) is 12.0. The first-order valence-corrected chi connectivity index (χ1v) is 8.11. The standard InChI is InChI=1S/C18H23N3O2/c1-12-13(2)20-21-16(12)7-8-18(22)19-10-14-9-15-5-3-4-6-17(15)23-11-14/h3-6,14H,7-11H2,1-2H3,(H,19,22)(H,20,21).